The van der Waals surface area contributed by atoms with E-state index in [1.807, 2.05) is 0 Å². The van der Waals surface area contributed by atoms with E-state index < -0.39 is 11.5 Å². The van der Waals surface area contributed by atoms with Crippen LogP contribution in [0.2, 0.25) is 0 Å². The molecule has 0 spiro atoms. The Bertz CT molecular complexity index is 410. The number of aliphatic carboxylic acids is 1. The van der Waals surface area contributed by atoms with Crippen LogP contribution >= 0.6 is 0 Å². The van der Waals surface area contributed by atoms with E-state index in [9.17, 15) is 9.59 Å². The molecule has 0 aliphatic heterocycles. The maximum absolute atomic E-state index is 11.6. The van der Waals surface area contributed by atoms with Gasteiger partial charge in [0, 0.05) is 25.4 Å². The van der Waals surface area contributed by atoms with E-state index >= 15 is 0 Å². The van der Waals surface area contributed by atoms with Crippen molar-refractivity contribution < 1.29 is 14.7 Å². The second-order valence-corrected chi connectivity index (χ2v) is 4.34. The van der Waals surface area contributed by atoms with E-state index in [-0.39, 0.29) is 12.3 Å². The molecular formula is C11H15N3O3. The van der Waals surface area contributed by atoms with E-state index in [1.54, 1.807) is 23.3 Å². The number of hydrogen-bond donors (Lipinski definition) is 2. The number of carboxylic acid groups (broad SMARTS) is 1. The molecule has 1 aliphatic carbocycles. The van der Waals surface area contributed by atoms with E-state index in [1.165, 1.54) is 0 Å². The molecule has 1 aliphatic rings. The monoisotopic (exact) mass is 237 g/mol. The fourth-order valence-corrected chi connectivity index (χ4v) is 1.90. The summed E-state index contributed by atoms with van der Waals surface area (Å²) in [5.41, 5.74) is -1.01. The van der Waals surface area contributed by atoms with Gasteiger partial charge in [-0.3, -0.25) is 4.79 Å². The van der Waals surface area contributed by atoms with Crippen LogP contribution in [-0.2, 0) is 16.1 Å². The van der Waals surface area contributed by atoms with E-state index in [2.05, 4.69) is 10.3 Å². The number of nitrogens with zero attached hydrogens (tertiary/aromatic N) is 2. The van der Waals surface area contributed by atoms with Crippen LogP contribution in [0.25, 0.3) is 0 Å². The summed E-state index contributed by atoms with van der Waals surface area (Å²) in [7, 11) is 0. The lowest BCUT2D eigenvalue weighted by atomic mass is 9.76. The molecule has 0 radical (unpaired) electrons. The smallest absolute Gasteiger partial charge is 0.329 e. The van der Waals surface area contributed by atoms with Crippen molar-refractivity contribution in [3.8, 4) is 0 Å². The van der Waals surface area contributed by atoms with Crippen molar-refractivity contribution in [2.45, 2.75) is 37.8 Å². The molecule has 6 heteroatoms. The molecule has 2 N–H and O–H groups in total. The number of carbonyl (C=O) groups excluding carboxylic acids is 1. The first kappa shape index (κ1) is 11.6. The third-order valence-corrected chi connectivity index (χ3v) is 3.15. The van der Waals surface area contributed by atoms with Crippen LogP contribution < -0.4 is 5.32 Å². The molecule has 0 bridgehead atoms. The predicted octanol–water partition coefficient (Wildman–Crippen LogP) is 0.397. The van der Waals surface area contributed by atoms with Crippen molar-refractivity contribution in [1.29, 1.82) is 0 Å². The Hall–Kier alpha value is -1.85. The minimum absolute atomic E-state index is 0.221. The van der Waals surface area contributed by atoms with Crippen LogP contribution in [0, 0.1) is 0 Å². The van der Waals surface area contributed by atoms with Gasteiger partial charge in [0.05, 0.1) is 6.33 Å². The molecule has 1 heterocycles. The fraction of sp³-hybridized carbons (Fsp3) is 0.545. The molecule has 0 atom stereocenters. The summed E-state index contributed by atoms with van der Waals surface area (Å²) >= 11 is 0. The van der Waals surface area contributed by atoms with Gasteiger partial charge in [0.25, 0.3) is 0 Å². The van der Waals surface area contributed by atoms with Gasteiger partial charge in [0.15, 0.2) is 0 Å². The van der Waals surface area contributed by atoms with Crippen LogP contribution in [0.5, 0.6) is 0 Å². The van der Waals surface area contributed by atoms with Crippen molar-refractivity contribution in [1.82, 2.24) is 14.9 Å². The molecule has 0 saturated heterocycles. The number of nitrogens with one attached hydrogen (secondary N) is 1. The molecular weight excluding hydrogens is 222 g/mol. The highest BCUT2D eigenvalue weighted by Gasteiger charge is 2.45. The lowest BCUT2D eigenvalue weighted by Gasteiger charge is -2.38. The highest BCUT2D eigenvalue weighted by Crippen LogP contribution is 2.32. The van der Waals surface area contributed by atoms with Gasteiger partial charge in [0.1, 0.15) is 5.54 Å². The predicted molar refractivity (Wildman–Crippen MR) is 59.2 cm³/mol. The number of rotatable bonds is 5. The summed E-state index contributed by atoms with van der Waals surface area (Å²) in [5, 5.41) is 11.7. The van der Waals surface area contributed by atoms with Gasteiger partial charge in [-0.15, -0.1) is 0 Å². The molecule has 0 unspecified atom stereocenters. The number of hydrogen-bond acceptors (Lipinski definition) is 3. The Morgan fingerprint density at radius 3 is 2.71 bits per heavy atom. The third kappa shape index (κ3) is 2.46. The molecule has 1 aromatic rings. The van der Waals surface area contributed by atoms with E-state index in [0.717, 1.165) is 6.42 Å². The number of carbonyl (C=O) groups is 2. The number of aryl methyl sites for hydroxylation is 1. The first-order valence-electron chi connectivity index (χ1n) is 5.62. The standard InChI is InChI=1S/C11H15N3O3/c15-9(2-6-14-7-5-12-8-14)13-11(10(16)17)3-1-4-11/h5,7-8H,1-4,6H2,(H,13,15)(H,16,17). The minimum Gasteiger partial charge on any atom is -0.480 e. The Morgan fingerprint density at radius 1 is 1.47 bits per heavy atom. The van der Waals surface area contributed by atoms with E-state index in [0.29, 0.717) is 19.4 Å². The third-order valence-electron chi connectivity index (χ3n) is 3.15. The maximum Gasteiger partial charge on any atom is 0.329 e. The Kier molecular flexibility index (Phi) is 3.12. The van der Waals surface area contributed by atoms with Crippen molar-refractivity contribution in [2.24, 2.45) is 0 Å². The average molecular weight is 237 g/mol. The van der Waals surface area contributed by atoms with E-state index in [4.69, 9.17) is 5.11 Å². The van der Waals surface area contributed by atoms with Crippen LogP contribution in [0.15, 0.2) is 18.7 Å². The summed E-state index contributed by atoms with van der Waals surface area (Å²) in [6.07, 6.45) is 7.22. The van der Waals surface area contributed by atoms with Gasteiger partial charge in [-0.05, 0) is 19.3 Å². The molecule has 92 valence electrons. The molecule has 6 nitrogen and oxygen atoms in total. The summed E-state index contributed by atoms with van der Waals surface area (Å²) < 4.78 is 1.79. The molecule has 1 aromatic heterocycles. The number of aromatic nitrogens is 2. The minimum atomic E-state index is -1.01. The summed E-state index contributed by atoms with van der Waals surface area (Å²) in [4.78, 5) is 26.6. The Balaban J connectivity index is 1.83. The molecule has 2 rings (SSSR count). The Labute approximate surface area is 98.7 Å². The van der Waals surface area contributed by atoms with Gasteiger partial charge in [-0.2, -0.15) is 0 Å². The first-order valence-corrected chi connectivity index (χ1v) is 5.62. The van der Waals surface area contributed by atoms with Gasteiger partial charge in [-0.25, -0.2) is 9.78 Å². The summed E-state index contributed by atoms with van der Waals surface area (Å²) in [6.45, 7) is 0.515. The average Bonchev–Trinajstić information content (AvgIpc) is 2.72. The molecule has 0 aromatic carbocycles. The number of carboxylic acids is 1. The lowest BCUT2D eigenvalue weighted by Crippen LogP contribution is -2.59. The van der Waals surface area contributed by atoms with Crippen LogP contribution in [0.1, 0.15) is 25.7 Å². The van der Waals surface area contributed by atoms with Crippen LogP contribution in [0.3, 0.4) is 0 Å². The maximum atomic E-state index is 11.6. The van der Waals surface area contributed by atoms with Crippen LogP contribution in [0.4, 0.5) is 0 Å². The molecule has 1 saturated carbocycles. The SMILES string of the molecule is O=C(CCn1ccnc1)NC1(C(=O)O)CCC1. The second-order valence-electron chi connectivity index (χ2n) is 4.34. The second kappa shape index (κ2) is 4.57. The van der Waals surface area contributed by atoms with Crippen LogP contribution in [-0.4, -0.2) is 32.1 Å². The zero-order valence-electron chi connectivity index (χ0n) is 9.43. The highest BCUT2D eigenvalue weighted by molar-refractivity contribution is 5.87. The normalized spacial score (nSPS) is 17.2. The quantitative estimate of drug-likeness (QED) is 0.776. The largest absolute Gasteiger partial charge is 0.480 e. The fourth-order valence-electron chi connectivity index (χ4n) is 1.90. The van der Waals surface area contributed by atoms with Crippen molar-refractivity contribution in [3.05, 3.63) is 18.7 Å². The van der Waals surface area contributed by atoms with Gasteiger partial charge >= 0.3 is 5.97 Å². The number of imidazole rings is 1. The first-order chi connectivity index (χ1) is 8.12. The zero-order chi connectivity index (χ0) is 12.3. The lowest BCUT2D eigenvalue weighted by molar-refractivity contribution is -0.151. The summed E-state index contributed by atoms with van der Waals surface area (Å²) in [6, 6.07) is 0. The summed E-state index contributed by atoms with van der Waals surface area (Å²) in [5.74, 6) is -1.15. The topological polar surface area (TPSA) is 84.2 Å². The highest BCUT2D eigenvalue weighted by atomic mass is 16.4. The molecule has 1 amide bonds. The van der Waals surface area contributed by atoms with Gasteiger partial charge in [-0.1, -0.05) is 0 Å². The van der Waals surface area contributed by atoms with Gasteiger partial charge < -0.3 is 15.0 Å². The van der Waals surface area contributed by atoms with Crippen molar-refractivity contribution in [3.63, 3.8) is 0 Å². The Morgan fingerprint density at radius 2 is 2.24 bits per heavy atom. The van der Waals surface area contributed by atoms with Crippen molar-refractivity contribution >= 4 is 11.9 Å². The molecule has 1 fully saturated rings. The number of amides is 1. The van der Waals surface area contributed by atoms with Gasteiger partial charge in [0.2, 0.25) is 5.91 Å². The molecule has 17 heavy (non-hydrogen) atoms. The zero-order valence-corrected chi connectivity index (χ0v) is 9.43. The van der Waals surface area contributed by atoms with Crippen molar-refractivity contribution in [2.75, 3.05) is 0 Å².